The van der Waals surface area contributed by atoms with Gasteiger partial charge in [0.05, 0.1) is 32.5 Å². The zero-order valence-electron chi connectivity index (χ0n) is 5.34. The normalized spacial score (nSPS) is 28.3. The molecule has 0 spiro atoms. The van der Waals surface area contributed by atoms with Crippen molar-refractivity contribution in [2.24, 2.45) is 0 Å². The summed E-state index contributed by atoms with van der Waals surface area (Å²) in [5.41, 5.74) is 0. The molecule has 1 rings (SSSR count). The van der Waals surface area contributed by atoms with Crippen molar-refractivity contribution >= 4 is 0 Å². The van der Waals surface area contributed by atoms with E-state index < -0.39 is 0 Å². The second kappa shape index (κ2) is 3.82. The number of hydrogen-bond acceptors (Lipinski definition) is 2. The van der Waals surface area contributed by atoms with Crippen LogP contribution in [0.4, 0.5) is 0 Å². The quantitative estimate of drug-likeness (QED) is 0.537. The van der Waals surface area contributed by atoms with Crippen LogP contribution in [0.5, 0.6) is 0 Å². The van der Waals surface area contributed by atoms with Gasteiger partial charge in [0.1, 0.15) is 0 Å². The molecule has 1 radical (unpaired) electrons. The molecule has 0 amide bonds. The number of ether oxygens (including phenoxy) is 2. The van der Waals surface area contributed by atoms with Gasteiger partial charge < -0.3 is 9.47 Å². The first-order chi connectivity index (χ1) is 4.43. The number of hydrogen-bond donors (Lipinski definition) is 0. The molecule has 1 unspecified atom stereocenters. The Hall–Kier alpha value is -0.120. The van der Waals surface area contributed by atoms with Crippen LogP contribution < -0.4 is 0 Å². The van der Waals surface area contributed by atoms with E-state index in [4.69, 9.17) is 9.47 Å². The van der Waals surface area contributed by atoms with Crippen LogP contribution >= 0.6 is 0 Å². The van der Waals surface area contributed by atoms with Crippen LogP contribution in [0.2, 0.25) is 0 Å². The van der Waals surface area contributed by atoms with Gasteiger partial charge in [-0.25, -0.2) is 5.11 Å². The summed E-state index contributed by atoms with van der Waals surface area (Å²) in [6.07, 6.45) is 0.649. The van der Waals surface area contributed by atoms with E-state index >= 15 is 0 Å². The van der Waals surface area contributed by atoms with Crippen LogP contribution in [0, 0.1) is 0 Å². The van der Waals surface area contributed by atoms with Gasteiger partial charge in [0, 0.05) is 6.42 Å². The molecule has 1 fully saturated rings. The van der Waals surface area contributed by atoms with Gasteiger partial charge in [-0.05, 0) is 0 Å². The highest BCUT2D eigenvalue weighted by Gasteiger charge is 2.12. The summed E-state index contributed by atoms with van der Waals surface area (Å²) in [6, 6.07) is 0. The topological polar surface area (TPSA) is 38.4 Å². The van der Waals surface area contributed by atoms with Crippen LogP contribution in [0.25, 0.3) is 0 Å². The van der Waals surface area contributed by atoms with Crippen LogP contribution in [-0.4, -0.2) is 32.5 Å². The van der Waals surface area contributed by atoms with E-state index in [1.165, 1.54) is 0 Å². The van der Waals surface area contributed by atoms with E-state index in [1.807, 2.05) is 0 Å². The fourth-order valence-corrected chi connectivity index (χ4v) is 0.835. The minimum Gasteiger partial charge on any atom is -0.376 e. The minimum atomic E-state index is -0.0615. The first-order valence-corrected chi connectivity index (χ1v) is 3.21. The lowest BCUT2D eigenvalue weighted by Crippen LogP contribution is -2.29. The summed E-state index contributed by atoms with van der Waals surface area (Å²) in [4.78, 5) is 0. The lowest BCUT2D eigenvalue weighted by atomic mass is 10.3. The Morgan fingerprint density at radius 1 is 1.44 bits per heavy atom. The maximum absolute atomic E-state index is 10.1. The standard InChI is InChI=1S/C6H11O3/c7-2-1-6-5-8-3-4-9-6/h6H,1-5H2. The van der Waals surface area contributed by atoms with Crippen molar-refractivity contribution in [3.05, 3.63) is 0 Å². The molecule has 0 saturated carbocycles. The van der Waals surface area contributed by atoms with E-state index in [-0.39, 0.29) is 12.7 Å². The molecule has 1 aliphatic rings. The minimum absolute atomic E-state index is 0.0615. The van der Waals surface area contributed by atoms with Crippen molar-refractivity contribution in [3.63, 3.8) is 0 Å². The van der Waals surface area contributed by atoms with Crippen LogP contribution in [0.3, 0.4) is 0 Å². The first kappa shape index (κ1) is 6.99. The second-order valence-electron chi connectivity index (χ2n) is 2.06. The van der Waals surface area contributed by atoms with Crippen molar-refractivity contribution in [3.8, 4) is 0 Å². The molecule has 0 aromatic rings. The SMILES string of the molecule is [O]CCC1COCCO1. The molecule has 1 aliphatic heterocycles. The van der Waals surface area contributed by atoms with E-state index in [9.17, 15) is 5.11 Å². The zero-order chi connectivity index (χ0) is 6.53. The van der Waals surface area contributed by atoms with Gasteiger partial charge in [-0.15, -0.1) is 0 Å². The Morgan fingerprint density at radius 2 is 2.33 bits per heavy atom. The van der Waals surface area contributed by atoms with Crippen LogP contribution in [-0.2, 0) is 14.6 Å². The van der Waals surface area contributed by atoms with E-state index in [0.29, 0.717) is 26.2 Å². The van der Waals surface area contributed by atoms with E-state index in [1.54, 1.807) is 0 Å². The maximum atomic E-state index is 10.1. The Bertz CT molecular complexity index is 65.9. The fourth-order valence-electron chi connectivity index (χ4n) is 0.835. The summed E-state index contributed by atoms with van der Waals surface area (Å²) in [6.45, 7) is 1.86. The molecule has 0 bridgehead atoms. The average Bonchev–Trinajstić information content (AvgIpc) is 1.91. The molecular weight excluding hydrogens is 120 g/mol. The molecule has 3 nitrogen and oxygen atoms in total. The summed E-state index contributed by atoms with van der Waals surface area (Å²) in [5.74, 6) is 0. The Kier molecular flexibility index (Phi) is 2.97. The van der Waals surface area contributed by atoms with Gasteiger partial charge in [0.25, 0.3) is 0 Å². The van der Waals surface area contributed by atoms with E-state index in [2.05, 4.69) is 0 Å². The van der Waals surface area contributed by atoms with Crippen molar-refractivity contribution in [2.45, 2.75) is 12.5 Å². The van der Waals surface area contributed by atoms with Crippen LogP contribution in [0.1, 0.15) is 6.42 Å². The zero-order valence-corrected chi connectivity index (χ0v) is 5.34. The Morgan fingerprint density at radius 3 is 2.89 bits per heavy atom. The average molecular weight is 131 g/mol. The molecule has 0 N–H and O–H groups in total. The second-order valence-corrected chi connectivity index (χ2v) is 2.06. The van der Waals surface area contributed by atoms with E-state index in [0.717, 1.165) is 0 Å². The predicted octanol–water partition coefficient (Wildman–Crippen LogP) is 0.222. The summed E-state index contributed by atoms with van der Waals surface area (Å²) in [7, 11) is 0. The van der Waals surface area contributed by atoms with Gasteiger partial charge in [-0.1, -0.05) is 0 Å². The highest BCUT2D eigenvalue weighted by molar-refractivity contribution is 4.58. The van der Waals surface area contributed by atoms with Crippen molar-refractivity contribution < 1.29 is 14.6 Å². The first-order valence-electron chi connectivity index (χ1n) is 3.21. The Balaban J connectivity index is 2.08. The fraction of sp³-hybridized carbons (Fsp3) is 1.00. The van der Waals surface area contributed by atoms with Gasteiger partial charge >= 0.3 is 0 Å². The van der Waals surface area contributed by atoms with Gasteiger partial charge in [0.15, 0.2) is 0 Å². The molecule has 1 saturated heterocycles. The molecule has 1 atom stereocenters. The molecule has 3 heteroatoms. The third-order valence-electron chi connectivity index (χ3n) is 1.32. The molecule has 0 aromatic heterocycles. The molecule has 53 valence electrons. The molecular formula is C6H11O3. The molecule has 0 aliphatic carbocycles. The highest BCUT2D eigenvalue weighted by Crippen LogP contribution is 2.03. The maximum Gasteiger partial charge on any atom is 0.0847 e. The van der Waals surface area contributed by atoms with Crippen molar-refractivity contribution in [2.75, 3.05) is 26.4 Å². The Labute approximate surface area is 54.6 Å². The summed E-state index contributed by atoms with van der Waals surface area (Å²) < 4.78 is 10.3. The highest BCUT2D eigenvalue weighted by atomic mass is 16.6. The molecule has 1 heterocycles. The number of rotatable bonds is 2. The summed E-state index contributed by atoms with van der Waals surface area (Å²) >= 11 is 0. The van der Waals surface area contributed by atoms with Gasteiger partial charge in [-0.2, -0.15) is 0 Å². The van der Waals surface area contributed by atoms with Gasteiger partial charge in [-0.3, -0.25) is 0 Å². The molecule has 0 aromatic carbocycles. The van der Waals surface area contributed by atoms with Crippen LogP contribution in [0.15, 0.2) is 0 Å². The summed E-state index contributed by atoms with van der Waals surface area (Å²) in [5, 5.41) is 10.1. The van der Waals surface area contributed by atoms with Crippen molar-refractivity contribution in [1.29, 1.82) is 0 Å². The monoisotopic (exact) mass is 131 g/mol. The molecule has 9 heavy (non-hydrogen) atoms. The third kappa shape index (κ3) is 2.30. The predicted molar refractivity (Wildman–Crippen MR) is 30.7 cm³/mol. The van der Waals surface area contributed by atoms with Crippen molar-refractivity contribution in [1.82, 2.24) is 0 Å². The smallest absolute Gasteiger partial charge is 0.0847 e. The third-order valence-corrected chi connectivity index (χ3v) is 1.32. The van der Waals surface area contributed by atoms with Gasteiger partial charge in [0.2, 0.25) is 0 Å². The lowest BCUT2D eigenvalue weighted by Gasteiger charge is -2.21. The largest absolute Gasteiger partial charge is 0.376 e. The lowest BCUT2D eigenvalue weighted by molar-refractivity contribution is -0.0967.